The van der Waals surface area contributed by atoms with Crippen molar-refractivity contribution in [3.8, 4) is 0 Å². The van der Waals surface area contributed by atoms with Crippen molar-refractivity contribution in [2.24, 2.45) is 5.41 Å². The molecule has 1 aromatic carbocycles. The molecule has 23 heavy (non-hydrogen) atoms. The van der Waals surface area contributed by atoms with Gasteiger partial charge in [-0.2, -0.15) is 0 Å². The molecule has 0 radical (unpaired) electrons. The number of thioether (sulfide) groups is 1. The first kappa shape index (κ1) is 17.2. The number of nitro groups is 1. The van der Waals surface area contributed by atoms with E-state index in [1.54, 1.807) is 17.0 Å². The average molecular weight is 334 g/mol. The molecule has 1 aliphatic rings. The number of amides is 1. The number of carbonyl (C=O) groups is 2. The molecule has 2 rings (SSSR count). The fourth-order valence-electron chi connectivity index (χ4n) is 1.93. The van der Waals surface area contributed by atoms with E-state index in [9.17, 15) is 19.7 Å². The number of allylic oxidation sites excluding steroid dienone is 1. The first-order valence-corrected chi connectivity index (χ1v) is 8.09. The van der Waals surface area contributed by atoms with E-state index in [2.05, 4.69) is 0 Å². The smallest absolute Gasteiger partial charge is 0.269 e. The molecule has 0 spiro atoms. The zero-order valence-electron chi connectivity index (χ0n) is 13.2. The minimum atomic E-state index is -0.502. The van der Waals surface area contributed by atoms with Crippen LogP contribution in [0, 0.1) is 15.5 Å². The van der Waals surface area contributed by atoms with Crippen LogP contribution in [0.2, 0.25) is 0 Å². The van der Waals surface area contributed by atoms with E-state index in [-0.39, 0.29) is 17.4 Å². The molecule has 0 aromatic heterocycles. The Morgan fingerprint density at radius 2 is 1.96 bits per heavy atom. The Balaban J connectivity index is 2.19. The van der Waals surface area contributed by atoms with Crippen LogP contribution in [0.5, 0.6) is 0 Å². The second kappa shape index (κ2) is 6.54. The zero-order chi connectivity index (χ0) is 17.2. The molecule has 0 atom stereocenters. The van der Waals surface area contributed by atoms with Crippen molar-refractivity contribution in [2.75, 3.05) is 5.75 Å². The van der Waals surface area contributed by atoms with Crippen LogP contribution in [0.1, 0.15) is 26.3 Å². The molecule has 122 valence electrons. The fraction of sp³-hybridized carbons (Fsp3) is 0.375. The number of ketones is 1. The molecule has 6 nitrogen and oxygen atoms in total. The molecule has 0 unspecified atom stereocenters. The van der Waals surface area contributed by atoms with Crippen molar-refractivity contribution in [2.45, 2.75) is 27.3 Å². The van der Waals surface area contributed by atoms with Crippen molar-refractivity contribution >= 4 is 29.1 Å². The van der Waals surface area contributed by atoms with Gasteiger partial charge in [0.1, 0.15) is 0 Å². The van der Waals surface area contributed by atoms with Gasteiger partial charge in [-0.05, 0) is 5.56 Å². The van der Waals surface area contributed by atoms with E-state index in [1.165, 1.54) is 30.0 Å². The van der Waals surface area contributed by atoms with Gasteiger partial charge in [-0.1, -0.05) is 44.7 Å². The number of benzene rings is 1. The predicted octanol–water partition coefficient (Wildman–Crippen LogP) is 3.13. The Hall–Kier alpha value is -2.15. The molecule has 1 aliphatic heterocycles. The Labute approximate surface area is 138 Å². The first-order chi connectivity index (χ1) is 10.7. The van der Waals surface area contributed by atoms with Gasteiger partial charge in [-0.15, -0.1) is 0 Å². The van der Waals surface area contributed by atoms with Crippen LogP contribution in [0.15, 0.2) is 35.4 Å². The van der Waals surface area contributed by atoms with Crippen molar-refractivity contribution in [3.05, 3.63) is 51.0 Å². The molecule has 1 amide bonds. The monoisotopic (exact) mass is 334 g/mol. The lowest BCUT2D eigenvalue weighted by Gasteiger charge is -2.19. The standard InChI is InChI=1S/C16H18N2O4S/c1-16(2,3)13(19)8-15-17(14(20)10-23-15)9-11-4-6-12(7-5-11)18(21)22/h4-8H,9-10H2,1-3H3/b15-8-. The minimum absolute atomic E-state index is 0.00884. The van der Waals surface area contributed by atoms with Crippen LogP contribution in [0.4, 0.5) is 5.69 Å². The predicted molar refractivity (Wildman–Crippen MR) is 88.6 cm³/mol. The number of non-ortho nitro benzene ring substituents is 1. The van der Waals surface area contributed by atoms with Gasteiger partial charge in [-0.25, -0.2) is 0 Å². The van der Waals surface area contributed by atoms with E-state index in [0.29, 0.717) is 17.3 Å². The maximum absolute atomic E-state index is 12.1. The molecule has 0 N–H and O–H groups in total. The molecular weight excluding hydrogens is 316 g/mol. The quantitative estimate of drug-likeness (QED) is 0.480. The molecular formula is C16H18N2O4S. The lowest BCUT2D eigenvalue weighted by atomic mass is 9.91. The van der Waals surface area contributed by atoms with E-state index >= 15 is 0 Å². The highest BCUT2D eigenvalue weighted by molar-refractivity contribution is 8.04. The normalized spacial score (nSPS) is 16.9. The van der Waals surface area contributed by atoms with Gasteiger partial charge in [0.15, 0.2) is 5.78 Å². The third-order valence-electron chi connectivity index (χ3n) is 3.39. The Bertz CT molecular complexity index is 674. The molecule has 1 aromatic rings. The SMILES string of the molecule is CC(C)(C)C(=O)/C=C1\SCC(=O)N1Cc1ccc([N+](=O)[O-])cc1. The van der Waals surface area contributed by atoms with Crippen LogP contribution in [-0.4, -0.2) is 27.3 Å². The van der Waals surface area contributed by atoms with Crippen LogP contribution >= 0.6 is 11.8 Å². The van der Waals surface area contributed by atoms with E-state index in [4.69, 9.17) is 0 Å². The molecule has 1 heterocycles. The summed E-state index contributed by atoms with van der Waals surface area (Å²) in [6.45, 7) is 5.78. The van der Waals surface area contributed by atoms with Crippen molar-refractivity contribution in [3.63, 3.8) is 0 Å². The number of carbonyl (C=O) groups excluding carboxylic acids is 2. The summed E-state index contributed by atoms with van der Waals surface area (Å²) >= 11 is 1.34. The summed E-state index contributed by atoms with van der Waals surface area (Å²) < 4.78 is 0. The van der Waals surface area contributed by atoms with Gasteiger partial charge in [0.25, 0.3) is 5.69 Å². The highest BCUT2D eigenvalue weighted by Crippen LogP contribution is 2.32. The molecule has 0 bridgehead atoms. The first-order valence-electron chi connectivity index (χ1n) is 7.11. The summed E-state index contributed by atoms with van der Waals surface area (Å²) in [5.41, 5.74) is 0.285. The Morgan fingerprint density at radius 1 is 1.35 bits per heavy atom. The van der Waals surface area contributed by atoms with Crippen molar-refractivity contribution in [1.29, 1.82) is 0 Å². The number of hydrogen-bond donors (Lipinski definition) is 0. The van der Waals surface area contributed by atoms with Gasteiger partial charge in [0.05, 0.1) is 22.2 Å². The third kappa shape index (κ3) is 4.19. The van der Waals surface area contributed by atoms with Gasteiger partial charge < -0.3 is 4.90 Å². The van der Waals surface area contributed by atoms with Gasteiger partial charge in [-0.3, -0.25) is 19.7 Å². The Kier molecular flexibility index (Phi) is 4.89. The Morgan fingerprint density at radius 3 is 2.48 bits per heavy atom. The highest BCUT2D eigenvalue weighted by Gasteiger charge is 2.29. The summed E-state index contributed by atoms with van der Waals surface area (Å²) in [5, 5.41) is 11.3. The molecule has 1 fully saturated rings. The van der Waals surface area contributed by atoms with Crippen LogP contribution in [-0.2, 0) is 16.1 Å². The second-order valence-corrected chi connectivity index (χ2v) is 7.28. The summed E-state index contributed by atoms with van der Waals surface area (Å²) in [6.07, 6.45) is 1.51. The largest absolute Gasteiger partial charge is 0.301 e. The van der Waals surface area contributed by atoms with E-state index in [0.717, 1.165) is 5.56 Å². The van der Waals surface area contributed by atoms with Crippen molar-refractivity contribution in [1.82, 2.24) is 4.90 Å². The number of rotatable bonds is 4. The number of hydrogen-bond acceptors (Lipinski definition) is 5. The average Bonchev–Trinajstić information content (AvgIpc) is 2.80. The summed E-state index contributed by atoms with van der Waals surface area (Å²) in [6, 6.07) is 6.06. The maximum atomic E-state index is 12.1. The summed E-state index contributed by atoms with van der Waals surface area (Å²) in [5.74, 6) is 0.195. The molecule has 0 saturated carbocycles. The summed E-state index contributed by atoms with van der Waals surface area (Å²) in [7, 11) is 0. The lowest BCUT2D eigenvalue weighted by molar-refractivity contribution is -0.384. The van der Waals surface area contributed by atoms with Gasteiger partial charge in [0, 0.05) is 23.6 Å². The van der Waals surface area contributed by atoms with E-state index < -0.39 is 10.3 Å². The van der Waals surface area contributed by atoms with Crippen LogP contribution in [0.25, 0.3) is 0 Å². The maximum Gasteiger partial charge on any atom is 0.269 e. The van der Waals surface area contributed by atoms with Crippen LogP contribution in [0.3, 0.4) is 0 Å². The van der Waals surface area contributed by atoms with Gasteiger partial charge in [0.2, 0.25) is 5.91 Å². The minimum Gasteiger partial charge on any atom is -0.301 e. The van der Waals surface area contributed by atoms with E-state index in [1.807, 2.05) is 20.8 Å². The number of nitrogens with zero attached hydrogens (tertiary/aromatic N) is 2. The lowest BCUT2D eigenvalue weighted by Crippen LogP contribution is -2.25. The topological polar surface area (TPSA) is 80.5 Å². The fourth-order valence-corrected chi connectivity index (χ4v) is 2.87. The van der Waals surface area contributed by atoms with Gasteiger partial charge >= 0.3 is 0 Å². The van der Waals surface area contributed by atoms with Crippen LogP contribution < -0.4 is 0 Å². The number of nitro benzene ring substituents is 1. The second-order valence-electron chi connectivity index (χ2n) is 6.29. The van der Waals surface area contributed by atoms with Crippen molar-refractivity contribution < 1.29 is 14.5 Å². The third-order valence-corrected chi connectivity index (χ3v) is 4.42. The molecule has 7 heteroatoms. The zero-order valence-corrected chi connectivity index (χ0v) is 14.1. The molecule has 1 saturated heterocycles. The highest BCUT2D eigenvalue weighted by atomic mass is 32.2. The molecule has 0 aliphatic carbocycles. The summed E-state index contributed by atoms with van der Waals surface area (Å²) in [4.78, 5) is 35.9.